The van der Waals surface area contributed by atoms with Gasteiger partial charge in [0.25, 0.3) is 5.91 Å². The molecule has 0 saturated heterocycles. The number of hydrogen-bond acceptors (Lipinski definition) is 4. The highest BCUT2D eigenvalue weighted by Gasteiger charge is 2.43. The number of carbonyl (C=O) groups is 2. The zero-order valence-electron chi connectivity index (χ0n) is 16.7. The Morgan fingerprint density at radius 1 is 1.00 bits per heavy atom. The normalized spacial score (nSPS) is 16.1. The van der Waals surface area contributed by atoms with Crippen LogP contribution in [0.15, 0.2) is 90.3 Å². The number of rotatable bonds is 7. The highest BCUT2D eigenvalue weighted by atomic mass is 19.1. The van der Waals surface area contributed by atoms with E-state index in [1.54, 1.807) is 24.4 Å². The molecule has 1 atom stereocenters. The van der Waals surface area contributed by atoms with E-state index in [0.717, 1.165) is 5.56 Å². The Labute approximate surface area is 179 Å². The Balaban J connectivity index is 1.66. The van der Waals surface area contributed by atoms with Crippen LogP contribution in [0.1, 0.15) is 29.3 Å². The van der Waals surface area contributed by atoms with Gasteiger partial charge in [-0.1, -0.05) is 48.5 Å². The summed E-state index contributed by atoms with van der Waals surface area (Å²) in [5.74, 6) is -1.92. The molecular formula is C25H21FN2O3. The minimum absolute atomic E-state index is 0.0449. The monoisotopic (exact) mass is 416 g/mol. The fourth-order valence-electron chi connectivity index (χ4n) is 3.80. The molecule has 4 rings (SSSR count). The summed E-state index contributed by atoms with van der Waals surface area (Å²) in [6.45, 7) is 0.112. The van der Waals surface area contributed by atoms with Gasteiger partial charge in [0.05, 0.1) is 23.9 Å². The predicted octanol–water partition coefficient (Wildman–Crippen LogP) is 4.32. The van der Waals surface area contributed by atoms with Crippen LogP contribution in [0.2, 0.25) is 0 Å². The summed E-state index contributed by atoms with van der Waals surface area (Å²) in [6, 6.07) is 19.7. The van der Waals surface area contributed by atoms with Gasteiger partial charge in [-0.15, -0.1) is 0 Å². The third-order valence-electron chi connectivity index (χ3n) is 5.33. The van der Waals surface area contributed by atoms with Gasteiger partial charge in [-0.2, -0.15) is 0 Å². The lowest BCUT2D eigenvalue weighted by molar-refractivity contribution is -0.130. The molecule has 3 aromatic rings. The maximum absolute atomic E-state index is 13.5. The fourth-order valence-corrected chi connectivity index (χ4v) is 3.80. The number of aromatic nitrogens is 1. The quantitative estimate of drug-likeness (QED) is 0.623. The smallest absolute Gasteiger partial charge is 0.290 e. The van der Waals surface area contributed by atoms with Crippen LogP contribution in [0, 0.1) is 5.82 Å². The van der Waals surface area contributed by atoms with E-state index in [1.807, 2.05) is 30.3 Å². The third kappa shape index (κ3) is 4.38. The summed E-state index contributed by atoms with van der Waals surface area (Å²) in [6.07, 6.45) is 2.24. The standard InChI is InChI=1S/C25H21FN2O3/c26-19-12-10-18(11-13-19)23-22(21(29)14-9-17-6-2-1-3-7-17)24(30)25(31)28(23)16-20-8-4-5-15-27-20/h1-8,10-13,15,23,30H,9,14,16H2. The van der Waals surface area contributed by atoms with Crippen molar-refractivity contribution < 1.29 is 19.1 Å². The van der Waals surface area contributed by atoms with Crippen LogP contribution in [-0.2, 0) is 22.6 Å². The van der Waals surface area contributed by atoms with E-state index < -0.39 is 23.5 Å². The van der Waals surface area contributed by atoms with Crippen molar-refractivity contribution in [2.75, 3.05) is 0 Å². The lowest BCUT2D eigenvalue weighted by Gasteiger charge is -2.26. The molecule has 156 valence electrons. The Kier molecular flexibility index (Phi) is 5.89. The average Bonchev–Trinajstić information content (AvgIpc) is 3.04. The second kappa shape index (κ2) is 8.92. The van der Waals surface area contributed by atoms with Crippen LogP contribution in [0.5, 0.6) is 0 Å². The molecule has 6 heteroatoms. The number of halogens is 1. The predicted molar refractivity (Wildman–Crippen MR) is 113 cm³/mol. The van der Waals surface area contributed by atoms with Crippen molar-refractivity contribution >= 4 is 11.7 Å². The lowest BCUT2D eigenvalue weighted by Crippen LogP contribution is -2.31. The van der Waals surface area contributed by atoms with Gasteiger partial charge < -0.3 is 10.0 Å². The van der Waals surface area contributed by atoms with Gasteiger partial charge in [-0.05, 0) is 41.8 Å². The summed E-state index contributed by atoms with van der Waals surface area (Å²) >= 11 is 0. The number of benzene rings is 2. The largest absolute Gasteiger partial charge is 0.503 e. The summed E-state index contributed by atoms with van der Waals surface area (Å²) in [5, 5.41) is 10.6. The topological polar surface area (TPSA) is 70.5 Å². The Hall–Kier alpha value is -3.80. The van der Waals surface area contributed by atoms with Crippen molar-refractivity contribution in [2.24, 2.45) is 0 Å². The molecule has 2 heterocycles. The van der Waals surface area contributed by atoms with Crippen molar-refractivity contribution in [1.82, 2.24) is 9.88 Å². The first kappa shape index (κ1) is 20.5. The number of aliphatic hydroxyl groups excluding tert-OH is 1. The molecule has 0 spiro atoms. The van der Waals surface area contributed by atoms with Gasteiger partial charge in [0.15, 0.2) is 11.5 Å². The van der Waals surface area contributed by atoms with Crippen molar-refractivity contribution in [3.8, 4) is 0 Å². The molecule has 1 unspecified atom stereocenters. The number of aryl methyl sites for hydroxylation is 1. The minimum Gasteiger partial charge on any atom is -0.503 e. The van der Waals surface area contributed by atoms with E-state index in [-0.39, 0.29) is 24.3 Å². The van der Waals surface area contributed by atoms with Crippen LogP contribution in [-0.4, -0.2) is 26.7 Å². The molecule has 0 saturated carbocycles. The number of aliphatic hydroxyl groups is 1. The first-order valence-electron chi connectivity index (χ1n) is 10.0. The number of Topliss-reactive ketones (excluding diaryl/α,β-unsaturated/α-hetero) is 1. The molecule has 31 heavy (non-hydrogen) atoms. The zero-order valence-corrected chi connectivity index (χ0v) is 16.7. The highest BCUT2D eigenvalue weighted by Crippen LogP contribution is 2.39. The third-order valence-corrected chi connectivity index (χ3v) is 5.33. The summed E-state index contributed by atoms with van der Waals surface area (Å²) in [4.78, 5) is 31.7. The Bertz CT molecular complexity index is 1110. The number of amides is 1. The Morgan fingerprint density at radius 3 is 2.39 bits per heavy atom. The molecule has 2 aromatic carbocycles. The van der Waals surface area contributed by atoms with Gasteiger partial charge in [0, 0.05) is 12.6 Å². The second-order valence-electron chi connectivity index (χ2n) is 7.38. The SMILES string of the molecule is O=C(CCc1ccccc1)C1=C(O)C(=O)N(Cc2ccccn2)C1c1ccc(F)cc1. The molecule has 1 aromatic heterocycles. The number of carbonyl (C=O) groups excluding carboxylic acids is 2. The first-order chi connectivity index (χ1) is 15.0. The van der Waals surface area contributed by atoms with Gasteiger partial charge in [-0.3, -0.25) is 14.6 Å². The van der Waals surface area contributed by atoms with E-state index in [4.69, 9.17) is 0 Å². The molecule has 0 aliphatic carbocycles. The molecule has 0 bridgehead atoms. The highest BCUT2D eigenvalue weighted by molar-refractivity contribution is 6.09. The van der Waals surface area contributed by atoms with Crippen LogP contribution in [0.4, 0.5) is 4.39 Å². The molecular weight excluding hydrogens is 395 g/mol. The number of ketones is 1. The molecule has 1 aliphatic rings. The Morgan fingerprint density at radius 2 is 1.71 bits per heavy atom. The van der Waals surface area contributed by atoms with Gasteiger partial charge in [-0.25, -0.2) is 4.39 Å². The summed E-state index contributed by atoms with van der Waals surface area (Å²) in [5.41, 5.74) is 2.21. The molecule has 1 N–H and O–H groups in total. The molecule has 1 amide bonds. The first-order valence-corrected chi connectivity index (χ1v) is 10.0. The van der Waals surface area contributed by atoms with Gasteiger partial charge >= 0.3 is 0 Å². The molecule has 0 fully saturated rings. The molecule has 0 radical (unpaired) electrons. The van der Waals surface area contributed by atoms with Gasteiger partial charge in [0.1, 0.15) is 5.82 Å². The van der Waals surface area contributed by atoms with E-state index in [0.29, 0.717) is 17.7 Å². The van der Waals surface area contributed by atoms with E-state index in [9.17, 15) is 19.1 Å². The summed E-state index contributed by atoms with van der Waals surface area (Å²) < 4.78 is 13.5. The molecule has 5 nitrogen and oxygen atoms in total. The van der Waals surface area contributed by atoms with Crippen LogP contribution >= 0.6 is 0 Å². The zero-order chi connectivity index (χ0) is 21.8. The van der Waals surface area contributed by atoms with E-state index in [1.165, 1.54) is 29.2 Å². The maximum Gasteiger partial charge on any atom is 0.290 e. The fraction of sp³-hybridized carbons (Fsp3) is 0.160. The van der Waals surface area contributed by atoms with Crippen LogP contribution < -0.4 is 0 Å². The number of hydrogen-bond donors (Lipinski definition) is 1. The van der Waals surface area contributed by atoms with Crippen molar-refractivity contribution in [1.29, 1.82) is 0 Å². The average molecular weight is 416 g/mol. The number of pyridine rings is 1. The number of nitrogens with zero attached hydrogens (tertiary/aromatic N) is 2. The van der Waals surface area contributed by atoms with Crippen LogP contribution in [0.3, 0.4) is 0 Å². The van der Waals surface area contributed by atoms with Crippen molar-refractivity contribution in [3.05, 3.63) is 113 Å². The van der Waals surface area contributed by atoms with Crippen LogP contribution in [0.25, 0.3) is 0 Å². The van der Waals surface area contributed by atoms with Crippen molar-refractivity contribution in [2.45, 2.75) is 25.4 Å². The van der Waals surface area contributed by atoms with Gasteiger partial charge in [0.2, 0.25) is 0 Å². The lowest BCUT2D eigenvalue weighted by atomic mass is 9.93. The minimum atomic E-state index is -0.807. The van der Waals surface area contributed by atoms with E-state index >= 15 is 0 Å². The van der Waals surface area contributed by atoms with Crippen molar-refractivity contribution in [3.63, 3.8) is 0 Å². The van der Waals surface area contributed by atoms with E-state index in [2.05, 4.69) is 4.98 Å². The second-order valence-corrected chi connectivity index (χ2v) is 7.38. The summed E-state index contributed by atoms with van der Waals surface area (Å²) in [7, 11) is 0. The molecule has 1 aliphatic heterocycles. The maximum atomic E-state index is 13.5.